The summed E-state index contributed by atoms with van der Waals surface area (Å²) < 4.78 is 19.4. The van der Waals surface area contributed by atoms with E-state index in [1.807, 2.05) is 20.0 Å². The number of halogens is 1. The van der Waals surface area contributed by atoms with E-state index >= 15 is 0 Å². The van der Waals surface area contributed by atoms with Gasteiger partial charge in [0, 0.05) is 17.7 Å². The number of hydrogen-bond acceptors (Lipinski definition) is 2. The van der Waals surface area contributed by atoms with Crippen LogP contribution in [0.25, 0.3) is 0 Å². The minimum atomic E-state index is -0.279. The Morgan fingerprint density at radius 3 is 2.43 bits per heavy atom. The summed E-state index contributed by atoms with van der Waals surface area (Å²) in [5.74, 6) is 0.318. The smallest absolute Gasteiger partial charge is 0.127 e. The molecule has 0 aromatic heterocycles. The molecule has 0 aliphatic heterocycles. The Balaban J connectivity index is 2.25. The first-order valence-corrected chi connectivity index (χ1v) is 7.17. The van der Waals surface area contributed by atoms with Gasteiger partial charge in [-0.1, -0.05) is 24.3 Å². The summed E-state index contributed by atoms with van der Waals surface area (Å²) in [5.41, 5.74) is 4.50. The first-order chi connectivity index (χ1) is 10.0. The molecule has 0 spiro atoms. The monoisotopic (exact) mass is 287 g/mol. The zero-order valence-electron chi connectivity index (χ0n) is 13.0. The van der Waals surface area contributed by atoms with Crippen LogP contribution in [0.4, 0.5) is 4.39 Å². The van der Waals surface area contributed by atoms with E-state index in [-0.39, 0.29) is 11.9 Å². The molecule has 0 saturated heterocycles. The molecule has 0 heterocycles. The van der Waals surface area contributed by atoms with Gasteiger partial charge in [-0.3, -0.25) is 0 Å². The first kappa shape index (κ1) is 15.5. The van der Waals surface area contributed by atoms with Gasteiger partial charge in [0.2, 0.25) is 0 Å². The van der Waals surface area contributed by atoms with Crippen molar-refractivity contribution in [2.75, 3.05) is 7.05 Å². The fourth-order valence-electron chi connectivity index (χ4n) is 2.37. The second kappa shape index (κ2) is 6.72. The van der Waals surface area contributed by atoms with Crippen LogP contribution in [-0.4, -0.2) is 7.05 Å². The van der Waals surface area contributed by atoms with Crippen molar-refractivity contribution in [2.24, 2.45) is 0 Å². The van der Waals surface area contributed by atoms with Gasteiger partial charge in [-0.2, -0.15) is 0 Å². The molecule has 0 aliphatic rings. The topological polar surface area (TPSA) is 21.3 Å². The lowest BCUT2D eigenvalue weighted by atomic mass is 10.0. The predicted octanol–water partition coefficient (Wildman–Crippen LogP) is 4.30. The number of aryl methyl sites for hydroxylation is 2. The zero-order valence-corrected chi connectivity index (χ0v) is 13.0. The van der Waals surface area contributed by atoms with E-state index in [0.29, 0.717) is 12.4 Å². The molecule has 0 saturated carbocycles. The molecule has 2 nitrogen and oxygen atoms in total. The van der Waals surface area contributed by atoms with Crippen LogP contribution in [0.3, 0.4) is 0 Å². The van der Waals surface area contributed by atoms with Gasteiger partial charge in [0.1, 0.15) is 18.2 Å². The van der Waals surface area contributed by atoms with E-state index in [9.17, 15) is 4.39 Å². The molecular weight excluding hydrogens is 265 g/mol. The number of benzene rings is 2. The Hall–Kier alpha value is -1.87. The van der Waals surface area contributed by atoms with Gasteiger partial charge in [0.25, 0.3) is 0 Å². The third kappa shape index (κ3) is 3.61. The number of hydrogen-bond donors (Lipinski definition) is 1. The fraction of sp³-hybridized carbons (Fsp3) is 0.333. The molecule has 2 aromatic carbocycles. The van der Waals surface area contributed by atoms with Crippen molar-refractivity contribution >= 4 is 0 Å². The summed E-state index contributed by atoms with van der Waals surface area (Å²) in [6.07, 6.45) is 0. The predicted molar refractivity (Wildman–Crippen MR) is 84.1 cm³/mol. The third-order valence-electron chi connectivity index (χ3n) is 3.89. The maximum atomic E-state index is 13.5. The SMILES string of the molecule is CNC(C)c1ccc(F)cc1OCc1c(C)cccc1C. The zero-order chi connectivity index (χ0) is 15.4. The molecule has 0 bridgehead atoms. The lowest BCUT2D eigenvalue weighted by molar-refractivity contribution is 0.297. The van der Waals surface area contributed by atoms with Gasteiger partial charge in [-0.05, 0) is 50.6 Å². The van der Waals surface area contributed by atoms with Crippen LogP contribution in [0, 0.1) is 19.7 Å². The summed E-state index contributed by atoms with van der Waals surface area (Å²) in [7, 11) is 1.88. The third-order valence-corrected chi connectivity index (χ3v) is 3.89. The summed E-state index contributed by atoms with van der Waals surface area (Å²) >= 11 is 0. The first-order valence-electron chi connectivity index (χ1n) is 7.17. The molecule has 112 valence electrons. The lowest BCUT2D eigenvalue weighted by Crippen LogP contribution is -2.14. The van der Waals surface area contributed by atoms with E-state index in [1.165, 1.54) is 23.3 Å². The van der Waals surface area contributed by atoms with Gasteiger partial charge < -0.3 is 10.1 Å². The van der Waals surface area contributed by atoms with Crippen molar-refractivity contribution < 1.29 is 9.13 Å². The molecule has 21 heavy (non-hydrogen) atoms. The molecule has 1 atom stereocenters. The maximum Gasteiger partial charge on any atom is 0.127 e. The van der Waals surface area contributed by atoms with Crippen LogP contribution >= 0.6 is 0 Å². The molecule has 0 aliphatic carbocycles. The van der Waals surface area contributed by atoms with E-state index < -0.39 is 0 Å². The van der Waals surface area contributed by atoms with Crippen molar-refractivity contribution in [3.05, 3.63) is 64.5 Å². The van der Waals surface area contributed by atoms with Gasteiger partial charge >= 0.3 is 0 Å². The molecule has 1 unspecified atom stereocenters. The minimum absolute atomic E-state index is 0.110. The summed E-state index contributed by atoms with van der Waals surface area (Å²) in [6.45, 7) is 6.60. The summed E-state index contributed by atoms with van der Waals surface area (Å²) in [5, 5.41) is 3.16. The lowest BCUT2D eigenvalue weighted by Gasteiger charge is -2.18. The van der Waals surface area contributed by atoms with Gasteiger partial charge in [0.15, 0.2) is 0 Å². The van der Waals surface area contributed by atoms with Gasteiger partial charge in [0.05, 0.1) is 0 Å². The normalized spacial score (nSPS) is 12.2. The van der Waals surface area contributed by atoms with E-state index in [1.54, 1.807) is 6.07 Å². The highest BCUT2D eigenvalue weighted by Gasteiger charge is 2.12. The summed E-state index contributed by atoms with van der Waals surface area (Å²) in [4.78, 5) is 0. The van der Waals surface area contributed by atoms with Crippen molar-refractivity contribution in [3.63, 3.8) is 0 Å². The van der Waals surface area contributed by atoms with E-state index in [4.69, 9.17) is 4.74 Å². The number of ether oxygens (including phenoxy) is 1. The average molecular weight is 287 g/mol. The molecule has 3 heteroatoms. The highest BCUT2D eigenvalue weighted by molar-refractivity contribution is 5.38. The van der Waals surface area contributed by atoms with Crippen LogP contribution < -0.4 is 10.1 Å². The maximum absolute atomic E-state index is 13.5. The Morgan fingerprint density at radius 2 is 1.81 bits per heavy atom. The van der Waals surface area contributed by atoms with Crippen molar-refractivity contribution in [2.45, 2.75) is 33.4 Å². The highest BCUT2D eigenvalue weighted by Crippen LogP contribution is 2.27. The van der Waals surface area contributed by atoms with Crippen LogP contribution in [-0.2, 0) is 6.61 Å². The molecule has 2 rings (SSSR count). The second-order valence-electron chi connectivity index (χ2n) is 5.35. The minimum Gasteiger partial charge on any atom is -0.488 e. The Kier molecular flexibility index (Phi) is 4.97. The fourth-order valence-corrected chi connectivity index (χ4v) is 2.37. The largest absolute Gasteiger partial charge is 0.488 e. The molecule has 0 fully saturated rings. The van der Waals surface area contributed by atoms with Crippen LogP contribution in [0.2, 0.25) is 0 Å². The standard InChI is InChI=1S/C18H22FNO/c1-12-6-5-7-13(2)17(12)11-21-18-10-15(19)8-9-16(18)14(3)20-4/h5-10,14,20H,11H2,1-4H3. The van der Waals surface area contributed by atoms with Crippen molar-refractivity contribution in [3.8, 4) is 5.75 Å². The highest BCUT2D eigenvalue weighted by atomic mass is 19.1. The molecular formula is C18H22FNO. The second-order valence-corrected chi connectivity index (χ2v) is 5.35. The van der Waals surface area contributed by atoms with Gasteiger partial charge in [-0.25, -0.2) is 4.39 Å². The average Bonchev–Trinajstić information content (AvgIpc) is 2.46. The quantitative estimate of drug-likeness (QED) is 0.885. The number of nitrogens with one attached hydrogen (secondary N) is 1. The van der Waals surface area contributed by atoms with Crippen LogP contribution in [0.15, 0.2) is 36.4 Å². The van der Waals surface area contributed by atoms with E-state index in [2.05, 4.69) is 31.3 Å². The molecule has 1 N–H and O–H groups in total. The number of rotatable bonds is 5. The molecule has 0 radical (unpaired) electrons. The molecule has 2 aromatic rings. The Bertz CT molecular complexity index is 604. The van der Waals surface area contributed by atoms with Crippen LogP contribution in [0.1, 0.15) is 35.2 Å². The van der Waals surface area contributed by atoms with Crippen LogP contribution in [0.5, 0.6) is 5.75 Å². The summed E-state index contributed by atoms with van der Waals surface area (Å²) in [6, 6.07) is 11.0. The van der Waals surface area contributed by atoms with E-state index in [0.717, 1.165) is 11.1 Å². The van der Waals surface area contributed by atoms with Crippen molar-refractivity contribution in [1.82, 2.24) is 5.32 Å². The Morgan fingerprint density at radius 1 is 1.14 bits per heavy atom. The van der Waals surface area contributed by atoms with Crippen molar-refractivity contribution in [1.29, 1.82) is 0 Å². The Labute approximate surface area is 126 Å². The van der Waals surface area contributed by atoms with Gasteiger partial charge in [-0.15, -0.1) is 0 Å². The molecule has 0 amide bonds.